The highest BCUT2D eigenvalue weighted by Crippen LogP contribution is 2.48. The number of hydrogen-bond donors (Lipinski definition) is 2. The minimum Gasteiger partial charge on any atom is -0.464 e. The van der Waals surface area contributed by atoms with Crippen LogP contribution in [0.4, 0.5) is 5.82 Å². The average Bonchev–Trinajstić information content (AvgIpc) is 3.56. The predicted molar refractivity (Wildman–Crippen MR) is 187 cm³/mol. The molecule has 0 bridgehead atoms. The van der Waals surface area contributed by atoms with Crippen LogP contribution in [0.25, 0.3) is 5.52 Å². The van der Waals surface area contributed by atoms with E-state index in [1.165, 1.54) is 16.9 Å². The van der Waals surface area contributed by atoms with Gasteiger partial charge >= 0.3 is 25.7 Å². The van der Waals surface area contributed by atoms with Gasteiger partial charge in [-0.25, -0.2) is 14.1 Å². The molecule has 0 aliphatic heterocycles. The summed E-state index contributed by atoms with van der Waals surface area (Å²) in [6.45, 7) is 7.47. The van der Waals surface area contributed by atoms with Gasteiger partial charge in [-0.15, -0.1) is 0 Å². The van der Waals surface area contributed by atoms with E-state index < -0.39 is 56.6 Å². The molecule has 0 spiro atoms. The first-order valence-electron chi connectivity index (χ1n) is 17.4. The fourth-order valence-corrected chi connectivity index (χ4v) is 7.62. The molecular weight excluding hydrogens is 695 g/mol. The van der Waals surface area contributed by atoms with Gasteiger partial charge in [0.1, 0.15) is 30.2 Å². The number of aryl methyl sites for hydroxylation is 1. The number of nitrogens with zero attached hydrogens (tertiary/aromatic N) is 4. The Bertz CT molecular complexity index is 1790. The highest BCUT2D eigenvalue weighted by molar-refractivity contribution is 7.52. The number of esters is 3. The highest BCUT2D eigenvalue weighted by atomic mass is 31.2. The molecule has 1 aliphatic rings. The number of fused-ring (bicyclic) bond motifs is 2. The molecule has 1 unspecified atom stereocenters. The third-order valence-corrected chi connectivity index (χ3v) is 10.4. The topological polar surface area (TPSA) is 216 Å². The van der Waals surface area contributed by atoms with Crippen LogP contribution in [0.2, 0.25) is 0 Å². The van der Waals surface area contributed by atoms with Crippen molar-refractivity contribution >= 4 is 37.0 Å². The quantitative estimate of drug-likeness (QED) is 0.0703. The smallest absolute Gasteiger partial charge is 0.459 e. The normalized spacial score (nSPS) is 16.0. The number of benzene rings is 1. The van der Waals surface area contributed by atoms with Crippen molar-refractivity contribution in [2.75, 3.05) is 18.9 Å². The molecule has 5 atom stereocenters. The summed E-state index contributed by atoms with van der Waals surface area (Å²) in [5, 5.41) is 16.7. The fourth-order valence-electron chi connectivity index (χ4n) is 6.00. The summed E-state index contributed by atoms with van der Waals surface area (Å²) in [4.78, 5) is 42.2. The number of carbonyl (C=O) groups excluding carboxylic acids is 3. The lowest BCUT2D eigenvalue weighted by Gasteiger charge is -2.32. The third kappa shape index (κ3) is 10.2. The van der Waals surface area contributed by atoms with Gasteiger partial charge < -0.3 is 29.2 Å². The molecule has 4 rings (SSSR count). The van der Waals surface area contributed by atoms with Gasteiger partial charge in [-0.2, -0.15) is 15.4 Å². The molecule has 1 aromatic carbocycles. The number of rotatable bonds is 19. The molecule has 17 heteroatoms. The van der Waals surface area contributed by atoms with E-state index in [4.69, 9.17) is 33.7 Å². The number of hydrogen-bond acceptors (Lipinski definition) is 14. The van der Waals surface area contributed by atoms with Gasteiger partial charge in [0, 0.05) is 13.8 Å². The first-order valence-corrected chi connectivity index (χ1v) is 18.9. The molecule has 0 radical (unpaired) electrons. The van der Waals surface area contributed by atoms with E-state index in [1.807, 2.05) is 19.9 Å². The minimum absolute atomic E-state index is 0.121. The number of ether oxygens (including phenoxy) is 4. The Balaban J connectivity index is 1.72. The number of anilines is 1. The zero-order valence-corrected chi connectivity index (χ0v) is 31.0. The number of nitrogens with one attached hydrogen (secondary N) is 1. The molecule has 0 saturated carbocycles. The first-order chi connectivity index (χ1) is 24.9. The molecular formula is C35H47N6O10P. The summed E-state index contributed by atoms with van der Waals surface area (Å²) in [6, 6.07) is 7.42. The van der Waals surface area contributed by atoms with E-state index in [0.29, 0.717) is 17.7 Å². The summed E-state index contributed by atoms with van der Waals surface area (Å²) in [5.41, 5.74) is 8.48. The summed E-state index contributed by atoms with van der Waals surface area (Å²) in [7, 11) is -4.52. The molecule has 3 aromatic rings. The lowest BCUT2D eigenvalue weighted by atomic mass is 9.91. The molecule has 2 heterocycles. The van der Waals surface area contributed by atoms with Crippen molar-refractivity contribution in [2.45, 2.75) is 104 Å². The molecule has 0 saturated heterocycles. The Morgan fingerprint density at radius 3 is 2.42 bits per heavy atom. The number of carbonyl (C=O) groups is 3. The first kappa shape index (κ1) is 40.1. The van der Waals surface area contributed by atoms with Crippen molar-refractivity contribution in [3.63, 3.8) is 0 Å². The van der Waals surface area contributed by atoms with Gasteiger partial charge in [-0.05, 0) is 67.3 Å². The maximum absolute atomic E-state index is 14.8. The number of nitriles is 1. The van der Waals surface area contributed by atoms with Crippen LogP contribution in [0.15, 0.2) is 36.7 Å². The van der Waals surface area contributed by atoms with E-state index in [2.05, 4.69) is 15.2 Å². The Kier molecular flexibility index (Phi) is 14.4. The standard InChI is InChI=1S/C35H47N6O10P/c1-6-24(7-2)18-46-35(44)27(8-3)40-52(45,51-30-15-11-13-25-12-9-10-14-26(25)30)48-19-31(47-20-36)33(50-23(5)43)32(49-22(4)42)28-16-17-29-34(37)38-21-39-41(28)29/h11,13,15-17,21,24,27,31-33H,6-10,12,14,18-19H2,1-5H3,(H,40,45)(H2,37,38,39)/t27-,31+,32-,33+,52?/m0/s1. The monoisotopic (exact) mass is 742 g/mol. The van der Waals surface area contributed by atoms with Gasteiger partial charge in [0.2, 0.25) is 0 Å². The molecule has 2 aromatic heterocycles. The second-order valence-corrected chi connectivity index (χ2v) is 14.1. The van der Waals surface area contributed by atoms with Crippen molar-refractivity contribution in [3.8, 4) is 12.0 Å². The summed E-state index contributed by atoms with van der Waals surface area (Å²) in [5.74, 6) is -1.64. The second kappa shape index (κ2) is 18.7. The van der Waals surface area contributed by atoms with Gasteiger partial charge in [-0.3, -0.25) is 18.9 Å². The molecule has 52 heavy (non-hydrogen) atoms. The number of nitrogen functional groups attached to an aromatic ring is 1. The maximum Gasteiger partial charge on any atom is 0.459 e. The lowest BCUT2D eigenvalue weighted by Crippen LogP contribution is -2.43. The molecule has 282 valence electrons. The predicted octanol–water partition coefficient (Wildman–Crippen LogP) is 5.14. The highest BCUT2D eigenvalue weighted by Gasteiger charge is 2.43. The van der Waals surface area contributed by atoms with Gasteiger partial charge in [0.05, 0.1) is 12.3 Å². The van der Waals surface area contributed by atoms with E-state index in [-0.39, 0.29) is 30.5 Å². The van der Waals surface area contributed by atoms with Crippen molar-refractivity contribution in [3.05, 3.63) is 53.5 Å². The third-order valence-electron chi connectivity index (χ3n) is 8.87. The van der Waals surface area contributed by atoms with Gasteiger partial charge in [-0.1, -0.05) is 45.7 Å². The Morgan fingerprint density at radius 1 is 1.02 bits per heavy atom. The van der Waals surface area contributed by atoms with Crippen molar-refractivity contribution in [1.29, 1.82) is 5.26 Å². The SMILES string of the molecule is CCC(CC)COC(=O)[C@H](CC)NP(=O)(OC[C@@H](OC#N)[C@@H](OC(C)=O)[C@@H](OC(C)=O)c1ccc2c(N)ncnn12)Oc1cccc2c1CCCC2. The van der Waals surface area contributed by atoms with Crippen LogP contribution < -0.4 is 15.3 Å². The second-order valence-electron chi connectivity index (χ2n) is 12.4. The van der Waals surface area contributed by atoms with Crippen LogP contribution in [-0.2, 0) is 55.3 Å². The Morgan fingerprint density at radius 2 is 1.75 bits per heavy atom. The van der Waals surface area contributed by atoms with E-state index >= 15 is 0 Å². The van der Waals surface area contributed by atoms with Crippen LogP contribution >= 0.6 is 7.75 Å². The number of aromatic nitrogens is 3. The summed E-state index contributed by atoms with van der Waals surface area (Å²) >= 11 is 0. The van der Waals surface area contributed by atoms with Gasteiger partial charge in [0.25, 0.3) is 6.26 Å². The van der Waals surface area contributed by atoms with Crippen molar-refractivity contribution < 1.29 is 46.9 Å². The van der Waals surface area contributed by atoms with Crippen LogP contribution in [0.1, 0.15) is 89.6 Å². The van der Waals surface area contributed by atoms with Crippen LogP contribution in [0, 0.1) is 17.4 Å². The molecule has 1 aliphatic carbocycles. The number of nitrogens with two attached hydrogens (primary N) is 1. The molecule has 3 N–H and O–H groups in total. The Hall–Kier alpha value is -4.71. The fraction of sp³-hybridized carbons (Fsp3) is 0.543. The Labute approximate surface area is 302 Å². The average molecular weight is 743 g/mol. The van der Waals surface area contributed by atoms with Crippen LogP contribution in [0.3, 0.4) is 0 Å². The molecule has 0 fully saturated rings. The zero-order valence-electron chi connectivity index (χ0n) is 30.1. The maximum atomic E-state index is 14.8. The van der Waals surface area contributed by atoms with Crippen LogP contribution in [-0.4, -0.2) is 64.0 Å². The van der Waals surface area contributed by atoms with E-state index in [0.717, 1.165) is 57.1 Å². The molecule has 16 nitrogen and oxygen atoms in total. The zero-order chi connectivity index (χ0) is 37.8. The van der Waals surface area contributed by atoms with Gasteiger partial charge in [0.15, 0.2) is 24.1 Å². The summed E-state index contributed by atoms with van der Waals surface area (Å²) < 4.78 is 50.5. The van der Waals surface area contributed by atoms with Crippen LogP contribution in [0.5, 0.6) is 5.75 Å². The van der Waals surface area contributed by atoms with Crippen molar-refractivity contribution in [2.24, 2.45) is 5.92 Å². The van der Waals surface area contributed by atoms with Crippen molar-refractivity contribution in [1.82, 2.24) is 19.7 Å². The summed E-state index contributed by atoms with van der Waals surface area (Å²) in [6.07, 6.45) is 3.41. The lowest BCUT2D eigenvalue weighted by molar-refractivity contribution is -0.177. The largest absolute Gasteiger partial charge is 0.464 e. The van der Waals surface area contributed by atoms with E-state index in [9.17, 15) is 24.2 Å². The molecule has 0 amide bonds. The van der Waals surface area contributed by atoms with E-state index in [1.54, 1.807) is 31.4 Å². The minimum atomic E-state index is -4.52.